The molecule has 0 amide bonds. The zero-order valence-electron chi connectivity index (χ0n) is 15.4. The van der Waals surface area contributed by atoms with Crippen LogP contribution >= 0.6 is 0 Å². The molecule has 0 unspecified atom stereocenters. The molecule has 24 heavy (non-hydrogen) atoms. The fourth-order valence-electron chi connectivity index (χ4n) is 2.93. The number of allylic oxidation sites excluding steroid dienone is 4. The standard InChI is InChI=1S/C24H30/c1-4-7-20(5-2)8-11-23-15-18-24(19-16-23)17-14-22-12-9-21(6-3)10-13-22/h4-5,7,9-10,12-13,15-16,18-19H,6,8,11,14,17H2,1-3H3. The van der Waals surface area contributed by atoms with Gasteiger partial charge >= 0.3 is 0 Å². The third-order valence-corrected chi connectivity index (χ3v) is 4.61. The second-order valence-corrected chi connectivity index (χ2v) is 6.35. The van der Waals surface area contributed by atoms with E-state index in [2.05, 4.69) is 87.5 Å². The minimum absolute atomic E-state index is 1.11. The first-order valence-electron chi connectivity index (χ1n) is 9.18. The van der Waals surface area contributed by atoms with Crippen LogP contribution in [0.25, 0.3) is 0 Å². The Labute approximate surface area is 147 Å². The summed E-state index contributed by atoms with van der Waals surface area (Å²) in [4.78, 5) is 0. The molecule has 0 aromatic heterocycles. The highest BCUT2D eigenvalue weighted by Crippen LogP contribution is 2.14. The van der Waals surface area contributed by atoms with Crippen LogP contribution in [0.5, 0.6) is 0 Å². The van der Waals surface area contributed by atoms with Crippen molar-refractivity contribution in [2.24, 2.45) is 0 Å². The highest BCUT2D eigenvalue weighted by molar-refractivity contribution is 5.27. The van der Waals surface area contributed by atoms with E-state index in [1.165, 1.54) is 27.8 Å². The number of rotatable bonds is 8. The Morgan fingerprint density at radius 1 is 0.708 bits per heavy atom. The van der Waals surface area contributed by atoms with Crippen LogP contribution in [0.2, 0.25) is 0 Å². The van der Waals surface area contributed by atoms with Crippen molar-refractivity contribution in [3.8, 4) is 0 Å². The van der Waals surface area contributed by atoms with Gasteiger partial charge in [-0.15, -0.1) is 0 Å². The van der Waals surface area contributed by atoms with E-state index in [0.29, 0.717) is 0 Å². The lowest BCUT2D eigenvalue weighted by Crippen LogP contribution is -1.93. The van der Waals surface area contributed by atoms with Crippen molar-refractivity contribution >= 4 is 0 Å². The van der Waals surface area contributed by atoms with Crippen molar-refractivity contribution < 1.29 is 0 Å². The average molecular weight is 319 g/mol. The Morgan fingerprint density at radius 3 is 1.58 bits per heavy atom. The molecule has 0 atom stereocenters. The first-order chi connectivity index (χ1) is 11.7. The molecule has 0 nitrogen and oxygen atoms in total. The van der Waals surface area contributed by atoms with Gasteiger partial charge in [0.15, 0.2) is 0 Å². The van der Waals surface area contributed by atoms with Crippen LogP contribution in [0.1, 0.15) is 49.4 Å². The van der Waals surface area contributed by atoms with Gasteiger partial charge in [0.2, 0.25) is 0 Å². The monoisotopic (exact) mass is 318 g/mol. The van der Waals surface area contributed by atoms with Gasteiger partial charge in [-0.05, 0) is 68.2 Å². The summed E-state index contributed by atoms with van der Waals surface area (Å²) in [6.07, 6.45) is 12.1. The van der Waals surface area contributed by atoms with E-state index < -0.39 is 0 Å². The second kappa shape index (κ2) is 9.93. The van der Waals surface area contributed by atoms with Crippen molar-refractivity contribution in [2.75, 3.05) is 0 Å². The topological polar surface area (TPSA) is 0 Å². The normalized spacial score (nSPS) is 12.0. The van der Waals surface area contributed by atoms with Gasteiger partial charge in [0, 0.05) is 0 Å². The first-order valence-corrected chi connectivity index (χ1v) is 9.18. The quantitative estimate of drug-likeness (QED) is 0.488. The maximum Gasteiger partial charge on any atom is -0.0238 e. The SMILES string of the molecule is CC=CC(=CC)CCc1ccc(CCc2ccc(CC)cc2)cc1. The summed E-state index contributed by atoms with van der Waals surface area (Å²) in [5.41, 5.74) is 7.12. The molecule has 0 spiro atoms. The van der Waals surface area contributed by atoms with E-state index in [0.717, 1.165) is 32.1 Å². The van der Waals surface area contributed by atoms with Crippen molar-refractivity contribution in [2.45, 2.75) is 52.9 Å². The molecule has 0 saturated carbocycles. The lowest BCUT2D eigenvalue weighted by atomic mass is 9.99. The third-order valence-electron chi connectivity index (χ3n) is 4.61. The van der Waals surface area contributed by atoms with E-state index >= 15 is 0 Å². The Kier molecular flexibility index (Phi) is 7.55. The highest BCUT2D eigenvalue weighted by atomic mass is 14.0. The predicted octanol–water partition coefficient (Wildman–Crippen LogP) is 6.49. The summed E-state index contributed by atoms with van der Waals surface area (Å²) < 4.78 is 0. The van der Waals surface area contributed by atoms with Crippen LogP contribution in [0.4, 0.5) is 0 Å². The Bertz CT molecular complexity index is 654. The second-order valence-electron chi connectivity index (χ2n) is 6.35. The summed E-state index contributed by atoms with van der Waals surface area (Å²) in [5.74, 6) is 0. The lowest BCUT2D eigenvalue weighted by molar-refractivity contribution is 0.939. The Balaban J connectivity index is 1.85. The zero-order valence-corrected chi connectivity index (χ0v) is 15.4. The average Bonchev–Trinajstić information content (AvgIpc) is 2.64. The third kappa shape index (κ3) is 5.85. The zero-order chi connectivity index (χ0) is 17.2. The molecule has 0 radical (unpaired) electrons. The van der Waals surface area contributed by atoms with E-state index in [1.54, 1.807) is 0 Å². The van der Waals surface area contributed by atoms with Gasteiger partial charge in [0.1, 0.15) is 0 Å². The predicted molar refractivity (Wildman–Crippen MR) is 107 cm³/mol. The van der Waals surface area contributed by atoms with E-state index in [1.807, 2.05) is 0 Å². The molecule has 0 aliphatic carbocycles. The smallest absolute Gasteiger partial charge is 0.0238 e. The molecular formula is C24H30. The van der Waals surface area contributed by atoms with Gasteiger partial charge in [0.05, 0.1) is 0 Å². The molecule has 0 fully saturated rings. The highest BCUT2D eigenvalue weighted by Gasteiger charge is 1.99. The molecule has 0 bridgehead atoms. The Morgan fingerprint density at radius 2 is 1.17 bits per heavy atom. The van der Waals surface area contributed by atoms with Gasteiger partial charge < -0.3 is 0 Å². The van der Waals surface area contributed by atoms with Crippen LogP contribution in [0, 0.1) is 0 Å². The molecule has 2 aromatic carbocycles. The van der Waals surface area contributed by atoms with E-state index in [-0.39, 0.29) is 0 Å². The fourth-order valence-corrected chi connectivity index (χ4v) is 2.93. The molecule has 2 rings (SSSR count). The van der Waals surface area contributed by atoms with Crippen molar-refractivity contribution in [3.63, 3.8) is 0 Å². The molecule has 0 aliphatic heterocycles. The lowest BCUT2D eigenvalue weighted by Gasteiger charge is -2.06. The molecule has 0 aliphatic rings. The van der Waals surface area contributed by atoms with Crippen molar-refractivity contribution in [3.05, 3.63) is 94.6 Å². The van der Waals surface area contributed by atoms with Gasteiger partial charge in [-0.2, -0.15) is 0 Å². The summed E-state index contributed by atoms with van der Waals surface area (Å²) in [7, 11) is 0. The summed E-state index contributed by atoms with van der Waals surface area (Å²) in [5, 5.41) is 0. The molecule has 126 valence electrons. The number of aryl methyl sites for hydroxylation is 4. The summed E-state index contributed by atoms with van der Waals surface area (Å²) in [6.45, 7) is 6.40. The van der Waals surface area contributed by atoms with Crippen molar-refractivity contribution in [1.82, 2.24) is 0 Å². The number of hydrogen-bond donors (Lipinski definition) is 0. The summed E-state index contributed by atoms with van der Waals surface area (Å²) >= 11 is 0. The molecule has 0 N–H and O–H groups in total. The minimum atomic E-state index is 1.11. The van der Waals surface area contributed by atoms with Crippen LogP contribution < -0.4 is 0 Å². The molecule has 0 heteroatoms. The van der Waals surface area contributed by atoms with E-state index in [4.69, 9.17) is 0 Å². The molecular weight excluding hydrogens is 288 g/mol. The van der Waals surface area contributed by atoms with Crippen LogP contribution in [-0.2, 0) is 25.7 Å². The van der Waals surface area contributed by atoms with Crippen LogP contribution in [0.15, 0.2) is 72.3 Å². The summed E-state index contributed by atoms with van der Waals surface area (Å²) in [6, 6.07) is 18.2. The molecule has 2 aromatic rings. The molecule has 0 heterocycles. The van der Waals surface area contributed by atoms with Crippen LogP contribution in [-0.4, -0.2) is 0 Å². The minimum Gasteiger partial charge on any atom is -0.0874 e. The van der Waals surface area contributed by atoms with Crippen molar-refractivity contribution in [1.29, 1.82) is 0 Å². The first kappa shape index (κ1) is 18.3. The van der Waals surface area contributed by atoms with Gasteiger partial charge in [0.25, 0.3) is 0 Å². The largest absolute Gasteiger partial charge is 0.0874 e. The fraction of sp³-hybridized carbons (Fsp3) is 0.333. The number of benzene rings is 2. The Hall–Kier alpha value is -2.08. The maximum absolute atomic E-state index is 2.29. The number of hydrogen-bond acceptors (Lipinski definition) is 0. The van der Waals surface area contributed by atoms with E-state index in [9.17, 15) is 0 Å². The van der Waals surface area contributed by atoms with Gasteiger partial charge in [-0.3, -0.25) is 0 Å². The maximum atomic E-state index is 2.29. The van der Waals surface area contributed by atoms with Gasteiger partial charge in [-0.25, -0.2) is 0 Å². The van der Waals surface area contributed by atoms with Crippen LogP contribution in [0.3, 0.4) is 0 Å². The van der Waals surface area contributed by atoms with Gasteiger partial charge in [-0.1, -0.05) is 79.3 Å². The molecule has 0 saturated heterocycles.